The van der Waals surface area contributed by atoms with E-state index in [1.807, 2.05) is 66.7 Å². The van der Waals surface area contributed by atoms with E-state index in [4.69, 9.17) is 4.74 Å². The normalized spacial score (nSPS) is 17.7. The minimum atomic E-state index is -3.11. The van der Waals surface area contributed by atoms with Crippen molar-refractivity contribution in [3.05, 3.63) is 77.9 Å². The number of carbonyl (C=O) groups is 1. The van der Waals surface area contributed by atoms with Gasteiger partial charge in [0.1, 0.15) is 5.75 Å². The number of rotatable bonds is 6. The molecule has 0 N–H and O–H groups in total. The van der Waals surface area contributed by atoms with Crippen LogP contribution in [0, 0.1) is 0 Å². The molecule has 0 radical (unpaired) electrons. The van der Waals surface area contributed by atoms with Crippen LogP contribution < -0.4 is 4.74 Å². The molecule has 0 aliphatic carbocycles. The van der Waals surface area contributed by atoms with Gasteiger partial charge in [-0.05, 0) is 40.5 Å². The van der Waals surface area contributed by atoms with Crippen molar-refractivity contribution in [3.8, 4) is 5.75 Å². The van der Waals surface area contributed by atoms with E-state index in [1.165, 1.54) is 0 Å². The van der Waals surface area contributed by atoms with Gasteiger partial charge in [-0.25, -0.2) is 8.42 Å². The standard InChI is InChI=1S/C24H25NO4S/c1-29-22-10-4-6-18(14-22)16-25(21-12-13-30(27,28)17-21)24(26)15-20-9-5-8-19-7-2-3-11-23(19)20/h2-11,14,21H,12-13,15-17H2,1H3/t21-/m0/s1. The maximum Gasteiger partial charge on any atom is 0.227 e. The Morgan fingerprint density at radius 3 is 2.60 bits per heavy atom. The SMILES string of the molecule is COc1cccc(CN(C(=O)Cc2cccc3ccccc23)[C@H]2CCS(=O)(=O)C2)c1. The zero-order chi connectivity index (χ0) is 21.1. The summed E-state index contributed by atoms with van der Waals surface area (Å²) in [6.07, 6.45) is 0.718. The summed E-state index contributed by atoms with van der Waals surface area (Å²) in [5.74, 6) is 0.816. The number of ether oxygens (including phenoxy) is 1. The molecule has 156 valence electrons. The largest absolute Gasteiger partial charge is 0.497 e. The van der Waals surface area contributed by atoms with Crippen LogP contribution >= 0.6 is 0 Å². The predicted octanol–water partition coefficient (Wildman–Crippen LogP) is 3.61. The molecule has 30 heavy (non-hydrogen) atoms. The number of nitrogens with zero attached hydrogens (tertiary/aromatic N) is 1. The first-order valence-corrected chi connectivity index (χ1v) is 11.9. The highest BCUT2D eigenvalue weighted by Crippen LogP contribution is 2.25. The minimum Gasteiger partial charge on any atom is -0.497 e. The number of hydrogen-bond acceptors (Lipinski definition) is 4. The molecule has 4 rings (SSSR count). The fraction of sp³-hybridized carbons (Fsp3) is 0.292. The molecule has 6 heteroatoms. The van der Waals surface area contributed by atoms with Crippen LogP contribution in [-0.4, -0.2) is 43.9 Å². The average Bonchev–Trinajstić information content (AvgIpc) is 3.11. The van der Waals surface area contributed by atoms with Crippen molar-refractivity contribution in [1.29, 1.82) is 0 Å². The minimum absolute atomic E-state index is 0.0260. The summed E-state index contributed by atoms with van der Waals surface area (Å²) in [4.78, 5) is 15.2. The third kappa shape index (κ3) is 4.49. The second-order valence-corrected chi connectivity index (χ2v) is 9.97. The van der Waals surface area contributed by atoms with Gasteiger partial charge in [0.25, 0.3) is 0 Å². The number of hydrogen-bond donors (Lipinski definition) is 0. The Morgan fingerprint density at radius 2 is 1.83 bits per heavy atom. The topological polar surface area (TPSA) is 63.7 Å². The Morgan fingerprint density at radius 1 is 1.07 bits per heavy atom. The van der Waals surface area contributed by atoms with E-state index < -0.39 is 9.84 Å². The van der Waals surface area contributed by atoms with Gasteiger partial charge in [-0.1, -0.05) is 54.6 Å². The van der Waals surface area contributed by atoms with Crippen molar-refractivity contribution in [2.45, 2.75) is 25.4 Å². The molecule has 0 saturated carbocycles. The maximum atomic E-state index is 13.4. The highest BCUT2D eigenvalue weighted by Gasteiger charge is 2.34. The number of fused-ring (bicyclic) bond motifs is 1. The van der Waals surface area contributed by atoms with Gasteiger partial charge in [0, 0.05) is 12.6 Å². The molecule has 1 saturated heterocycles. The van der Waals surface area contributed by atoms with E-state index in [2.05, 4.69) is 0 Å². The lowest BCUT2D eigenvalue weighted by molar-refractivity contribution is -0.133. The van der Waals surface area contributed by atoms with Crippen molar-refractivity contribution in [3.63, 3.8) is 0 Å². The molecule has 1 atom stereocenters. The summed E-state index contributed by atoms with van der Waals surface area (Å²) in [6.45, 7) is 0.362. The highest BCUT2D eigenvalue weighted by atomic mass is 32.2. The quantitative estimate of drug-likeness (QED) is 0.608. The predicted molar refractivity (Wildman–Crippen MR) is 118 cm³/mol. The Labute approximate surface area is 177 Å². The molecule has 0 aromatic heterocycles. The van der Waals surface area contributed by atoms with Gasteiger partial charge >= 0.3 is 0 Å². The Kier molecular flexibility index (Phi) is 5.77. The van der Waals surface area contributed by atoms with Gasteiger partial charge in [0.05, 0.1) is 25.0 Å². The van der Waals surface area contributed by atoms with Gasteiger partial charge in [-0.2, -0.15) is 0 Å². The summed E-state index contributed by atoms with van der Waals surface area (Å²) in [7, 11) is -1.50. The first-order valence-electron chi connectivity index (χ1n) is 10.0. The summed E-state index contributed by atoms with van der Waals surface area (Å²) in [5.41, 5.74) is 1.87. The number of amides is 1. The van der Waals surface area contributed by atoms with Crippen LogP contribution in [0.25, 0.3) is 10.8 Å². The molecule has 1 aliphatic heterocycles. The molecular formula is C24H25NO4S. The Bertz CT molecular complexity index is 1170. The van der Waals surface area contributed by atoms with E-state index in [9.17, 15) is 13.2 Å². The molecule has 1 fully saturated rings. The number of methoxy groups -OCH3 is 1. The van der Waals surface area contributed by atoms with Crippen molar-refractivity contribution in [2.24, 2.45) is 0 Å². The molecule has 1 aliphatic rings. The second-order valence-electron chi connectivity index (χ2n) is 7.75. The summed E-state index contributed by atoms with van der Waals surface area (Å²) in [6, 6.07) is 21.2. The summed E-state index contributed by atoms with van der Waals surface area (Å²) in [5, 5.41) is 2.14. The van der Waals surface area contributed by atoms with Gasteiger partial charge in [-0.15, -0.1) is 0 Å². The van der Waals surface area contributed by atoms with Crippen LogP contribution in [0.1, 0.15) is 17.5 Å². The van der Waals surface area contributed by atoms with Crippen LogP contribution in [0.15, 0.2) is 66.7 Å². The summed E-state index contributed by atoms with van der Waals surface area (Å²) < 4.78 is 29.5. The molecule has 0 unspecified atom stereocenters. The number of sulfone groups is 1. The van der Waals surface area contributed by atoms with E-state index >= 15 is 0 Å². The van der Waals surface area contributed by atoms with Crippen molar-refractivity contribution in [1.82, 2.24) is 4.90 Å². The van der Waals surface area contributed by atoms with Gasteiger partial charge in [-0.3, -0.25) is 4.79 Å². The molecule has 1 amide bonds. The molecule has 0 bridgehead atoms. The zero-order valence-electron chi connectivity index (χ0n) is 17.0. The Balaban J connectivity index is 1.63. The third-order valence-corrected chi connectivity index (χ3v) is 7.43. The maximum absolute atomic E-state index is 13.4. The van der Waals surface area contributed by atoms with E-state index in [-0.39, 0.29) is 29.9 Å². The molecule has 1 heterocycles. The zero-order valence-corrected chi connectivity index (χ0v) is 17.8. The van der Waals surface area contributed by atoms with Gasteiger partial charge < -0.3 is 9.64 Å². The van der Waals surface area contributed by atoms with Crippen LogP contribution in [-0.2, 0) is 27.6 Å². The lowest BCUT2D eigenvalue weighted by atomic mass is 10.0. The van der Waals surface area contributed by atoms with Crippen molar-refractivity contribution in [2.75, 3.05) is 18.6 Å². The van der Waals surface area contributed by atoms with Crippen LogP contribution in [0.5, 0.6) is 5.75 Å². The summed E-state index contributed by atoms with van der Waals surface area (Å²) >= 11 is 0. The average molecular weight is 424 g/mol. The number of benzene rings is 3. The fourth-order valence-corrected chi connectivity index (χ4v) is 5.85. The molecule has 3 aromatic carbocycles. The smallest absolute Gasteiger partial charge is 0.227 e. The monoisotopic (exact) mass is 423 g/mol. The van der Waals surface area contributed by atoms with Gasteiger partial charge in [0.15, 0.2) is 9.84 Å². The van der Waals surface area contributed by atoms with Crippen molar-refractivity contribution >= 4 is 26.5 Å². The van der Waals surface area contributed by atoms with Crippen LogP contribution in [0.4, 0.5) is 0 Å². The molecule has 3 aromatic rings. The van der Waals surface area contributed by atoms with Crippen LogP contribution in [0.2, 0.25) is 0 Å². The van der Waals surface area contributed by atoms with E-state index in [0.717, 1.165) is 21.9 Å². The van der Waals surface area contributed by atoms with Gasteiger partial charge in [0.2, 0.25) is 5.91 Å². The number of carbonyl (C=O) groups excluding carboxylic acids is 1. The van der Waals surface area contributed by atoms with E-state index in [0.29, 0.717) is 18.7 Å². The fourth-order valence-electron chi connectivity index (χ4n) is 4.12. The molecular weight excluding hydrogens is 398 g/mol. The van der Waals surface area contributed by atoms with E-state index in [1.54, 1.807) is 12.0 Å². The lowest BCUT2D eigenvalue weighted by Crippen LogP contribution is -2.41. The lowest BCUT2D eigenvalue weighted by Gasteiger charge is -2.29. The highest BCUT2D eigenvalue weighted by molar-refractivity contribution is 7.91. The first kappa shape index (κ1) is 20.4. The van der Waals surface area contributed by atoms with Crippen LogP contribution in [0.3, 0.4) is 0 Å². The first-order chi connectivity index (χ1) is 14.4. The molecule has 5 nitrogen and oxygen atoms in total. The second kappa shape index (κ2) is 8.48. The Hall–Kier alpha value is -2.86. The molecule has 0 spiro atoms. The third-order valence-electron chi connectivity index (χ3n) is 5.68. The van der Waals surface area contributed by atoms with Crippen molar-refractivity contribution < 1.29 is 17.9 Å².